The van der Waals surface area contributed by atoms with E-state index in [2.05, 4.69) is 97.8 Å². The van der Waals surface area contributed by atoms with Crippen molar-refractivity contribution in [2.24, 2.45) is 0 Å². The van der Waals surface area contributed by atoms with Gasteiger partial charge in [0.25, 0.3) is 0 Å². The maximum absolute atomic E-state index is 12.3. The summed E-state index contributed by atoms with van der Waals surface area (Å²) in [6.07, 6.45) is 9.64. The molecule has 0 spiro atoms. The molecule has 0 radical (unpaired) electrons. The van der Waals surface area contributed by atoms with Crippen LogP contribution in [-0.2, 0) is 31.9 Å². The van der Waals surface area contributed by atoms with E-state index in [9.17, 15) is 9.59 Å². The lowest BCUT2D eigenvalue weighted by Gasteiger charge is -2.26. The fraction of sp³-hybridized carbons (Fsp3) is 0.351. The molecule has 3 aromatic rings. The lowest BCUT2D eigenvalue weighted by Crippen LogP contribution is -2.16. The number of benzene rings is 3. The molecule has 0 fully saturated rings. The van der Waals surface area contributed by atoms with Gasteiger partial charge in [-0.15, -0.1) is 0 Å². The molecule has 0 N–H and O–H groups in total. The summed E-state index contributed by atoms with van der Waals surface area (Å²) in [4.78, 5) is 26.9. The van der Waals surface area contributed by atoms with Crippen LogP contribution in [0.5, 0.6) is 0 Å². The van der Waals surface area contributed by atoms with E-state index >= 15 is 0 Å². The second-order valence-electron chi connectivity index (χ2n) is 11.1. The fourth-order valence-corrected chi connectivity index (χ4v) is 5.08. The number of hydrogen-bond donors (Lipinski definition) is 0. The first-order valence-electron chi connectivity index (χ1n) is 15.2. The SMILES string of the molecule is C=C1C(=C)C(=O)OCCCCCCc2ccc(cc2)N(c2ccc(C)cc2)c2ccc(cc2)CCCCCCOC1=O. The Bertz CT molecular complexity index is 1260. The molecule has 42 heavy (non-hydrogen) atoms. The van der Waals surface area contributed by atoms with E-state index in [4.69, 9.17) is 9.47 Å². The van der Waals surface area contributed by atoms with Crippen LogP contribution in [0.3, 0.4) is 0 Å². The highest BCUT2D eigenvalue weighted by molar-refractivity contribution is 6.06. The first-order valence-corrected chi connectivity index (χ1v) is 15.2. The average Bonchev–Trinajstić information content (AvgIpc) is 3.01. The molecular formula is C37H43NO4. The van der Waals surface area contributed by atoms with Gasteiger partial charge >= 0.3 is 11.9 Å². The lowest BCUT2D eigenvalue weighted by atomic mass is 10.0. The highest BCUT2D eigenvalue weighted by atomic mass is 16.5. The van der Waals surface area contributed by atoms with Crippen LogP contribution in [0.25, 0.3) is 0 Å². The molecule has 3 aliphatic rings. The van der Waals surface area contributed by atoms with Crippen LogP contribution >= 0.6 is 0 Å². The Hall–Kier alpha value is -4.12. The van der Waals surface area contributed by atoms with Crippen molar-refractivity contribution in [2.45, 2.75) is 71.1 Å². The van der Waals surface area contributed by atoms with E-state index in [1.807, 2.05) is 0 Å². The minimum atomic E-state index is -0.609. The van der Waals surface area contributed by atoms with Crippen LogP contribution < -0.4 is 4.90 Å². The van der Waals surface area contributed by atoms with Crippen molar-refractivity contribution < 1.29 is 19.1 Å². The zero-order valence-corrected chi connectivity index (χ0v) is 24.9. The monoisotopic (exact) mass is 565 g/mol. The predicted octanol–water partition coefficient (Wildman–Crippen LogP) is 8.88. The number of esters is 2. The number of carbonyl (C=O) groups is 2. The van der Waals surface area contributed by atoms with E-state index in [-0.39, 0.29) is 11.1 Å². The topological polar surface area (TPSA) is 55.8 Å². The highest BCUT2D eigenvalue weighted by Gasteiger charge is 2.19. The van der Waals surface area contributed by atoms with Gasteiger partial charge in [-0.25, -0.2) is 9.59 Å². The average molecular weight is 566 g/mol. The van der Waals surface area contributed by atoms with Crippen molar-refractivity contribution in [3.63, 3.8) is 0 Å². The minimum absolute atomic E-state index is 0.0345. The molecule has 0 amide bonds. The highest BCUT2D eigenvalue weighted by Crippen LogP contribution is 2.35. The summed E-state index contributed by atoms with van der Waals surface area (Å²) in [6, 6.07) is 26.4. The molecule has 6 rings (SSSR count). The zero-order chi connectivity index (χ0) is 29.7. The molecule has 5 nitrogen and oxygen atoms in total. The molecule has 0 unspecified atom stereocenters. The number of fused-ring (bicyclic) bond motifs is 2. The predicted molar refractivity (Wildman–Crippen MR) is 170 cm³/mol. The molecule has 5 heteroatoms. The first-order chi connectivity index (χ1) is 20.4. The Kier molecular flexibility index (Phi) is 11.6. The largest absolute Gasteiger partial charge is 0.462 e. The maximum atomic E-state index is 12.3. The summed E-state index contributed by atoms with van der Waals surface area (Å²) in [5, 5.41) is 0. The number of rotatable bonds is 1. The van der Waals surface area contributed by atoms with Crippen molar-refractivity contribution in [3.05, 3.63) is 114 Å². The summed E-state index contributed by atoms with van der Waals surface area (Å²) in [5.74, 6) is -1.22. The summed E-state index contributed by atoms with van der Waals surface area (Å²) in [6.45, 7) is 10.1. The van der Waals surface area contributed by atoms with Gasteiger partial charge in [0.05, 0.1) is 24.4 Å². The van der Waals surface area contributed by atoms with E-state index in [1.54, 1.807) is 0 Å². The summed E-state index contributed by atoms with van der Waals surface area (Å²) in [5.41, 5.74) is 7.20. The van der Waals surface area contributed by atoms with Gasteiger partial charge in [-0.1, -0.05) is 80.8 Å². The zero-order valence-electron chi connectivity index (χ0n) is 24.9. The van der Waals surface area contributed by atoms with Crippen LogP contribution in [0.15, 0.2) is 97.1 Å². The van der Waals surface area contributed by atoms with E-state index in [1.165, 1.54) is 16.7 Å². The number of anilines is 3. The van der Waals surface area contributed by atoms with Crippen LogP contribution in [-0.4, -0.2) is 25.2 Å². The van der Waals surface area contributed by atoms with Gasteiger partial charge in [0.1, 0.15) is 0 Å². The third-order valence-corrected chi connectivity index (χ3v) is 7.72. The maximum Gasteiger partial charge on any atom is 0.338 e. The molecule has 3 aromatic carbocycles. The smallest absolute Gasteiger partial charge is 0.338 e. The minimum Gasteiger partial charge on any atom is -0.462 e. The standard InChI is InChI=1S/C37H43NO4/c1-28-14-20-33(21-15-28)38-34-22-16-31(17-23-34)12-8-4-6-10-26-41-36(39)29(2)30(3)37(40)42-27-11-7-5-9-13-32-18-24-35(38)25-19-32/h14-25H,2-13,26-27H2,1H3. The number of ether oxygens (including phenoxy) is 2. The number of carbonyl (C=O) groups excluding carboxylic acids is 2. The van der Waals surface area contributed by atoms with Crippen molar-refractivity contribution in [2.75, 3.05) is 18.1 Å². The van der Waals surface area contributed by atoms with Crippen molar-refractivity contribution in [1.29, 1.82) is 0 Å². The van der Waals surface area contributed by atoms with E-state index < -0.39 is 11.9 Å². The fourth-order valence-electron chi connectivity index (χ4n) is 5.08. The van der Waals surface area contributed by atoms with Gasteiger partial charge in [0.2, 0.25) is 0 Å². The number of aryl methyl sites for hydroxylation is 3. The summed E-state index contributed by atoms with van der Waals surface area (Å²) >= 11 is 0. The Balaban J connectivity index is 1.46. The first kappa shape index (κ1) is 30.8. The molecule has 3 heterocycles. The molecule has 0 aromatic heterocycles. The quantitative estimate of drug-likeness (QED) is 0.218. The molecular weight excluding hydrogens is 522 g/mol. The Morgan fingerprint density at radius 1 is 0.524 bits per heavy atom. The molecule has 3 aliphatic heterocycles. The molecule has 0 saturated heterocycles. The summed E-state index contributed by atoms with van der Waals surface area (Å²) < 4.78 is 10.6. The van der Waals surface area contributed by atoms with Crippen LogP contribution in [0.2, 0.25) is 0 Å². The van der Waals surface area contributed by atoms with Gasteiger partial charge in [-0.3, -0.25) is 0 Å². The Morgan fingerprint density at radius 2 is 0.881 bits per heavy atom. The third-order valence-electron chi connectivity index (χ3n) is 7.72. The van der Waals surface area contributed by atoms with Crippen LogP contribution in [0, 0.1) is 6.92 Å². The Labute approximate surface area is 250 Å². The van der Waals surface area contributed by atoms with Crippen LogP contribution in [0.4, 0.5) is 17.1 Å². The van der Waals surface area contributed by atoms with E-state index in [0.717, 1.165) is 81.3 Å². The lowest BCUT2D eigenvalue weighted by molar-refractivity contribution is -0.142. The van der Waals surface area contributed by atoms with Gasteiger partial charge in [0, 0.05) is 17.1 Å². The molecule has 220 valence electrons. The number of nitrogens with zero attached hydrogens (tertiary/aromatic N) is 1. The molecule has 4 bridgehead atoms. The Morgan fingerprint density at radius 3 is 1.29 bits per heavy atom. The van der Waals surface area contributed by atoms with Gasteiger partial charge in [-0.05, 0) is 93.0 Å². The van der Waals surface area contributed by atoms with Crippen molar-refractivity contribution >= 4 is 29.0 Å². The second-order valence-corrected chi connectivity index (χ2v) is 11.1. The van der Waals surface area contributed by atoms with Gasteiger partial charge in [0.15, 0.2) is 0 Å². The normalized spacial score (nSPS) is 17.0. The summed E-state index contributed by atoms with van der Waals surface area (Å²) in [7, 11) is 0. The van der Waals surface area contributed by atoms with Crippen LogP contribution in [0.1, 0.15) is 68.1 Å². The second kappa shape index (κ2) is 15.8. The van der Waals surface area contributed by atoms with E-state index in [0.29, 0.717) is 13.2 Å². The molecule has 0 saturated carbocycles. The third kappa shape index (κ3) is 8.94. The van der Waals surface area contributed by atoms with Crippen molar-refractivity contribution in [1.82, 2.24) is 0 Å². The number of hydrogen-bond acceptors (Lipinski definition) is 5. The molecule has 0 aliphatic carbocycles. The van der Waals surface area contributed by atoms with Gasteiger partial charge in [-0.2, -0.15) is 0 Å². The van der Waals surface area contributed by atoms with Gasteiger partial charge < -0.3 is 14.4 Å². The molecule has 0 atom stereocenters. The van der Waals surface area contributed by atoms with Crippen molar-refractivity contribution in [3.8, 4) is 0 Å².